The predicted molar refractivity (Wildman–Crippen MR) is 65.0 cm³/mol. The number of benzene rings is 1. The van der Waals surface area contributed by atoms with Crippen LogP contribution in [0.3, 0.4) is 0 Å². The van der Waals surface area contributed by atoms with Gasteiger partial charge in [0.15, 0.2) is 0 Å². The van der Waals surface area contributed by atoms with Crippen LogP contribution in [-0.2, 0) is 19.4 Å². The van der Waals surface area contributed by atoms with E-state index in [2.05, 4.69) is 37.4 Å². The van der Waals surface area contributed by atoms with Gasteiger partial charge in [0, 0.05) is 6.54 Å². The van der Waals surface area contributed by atoms with Gasteiger partial charge in [-0.25, -0.2) is 0 Å². The number of hydrogen-bond donors (Lipinski definition) is 1. The van der Waals surface area contributed by atoms with Crippen molar-refractivity contribution in [1.82, 2.24) is 5.32 Å². The summed E-state index contributed by atoms with van der Waals surface area (Å²) >= 11 is 0. The van der Waals surface area contributed by atoms with Crippen LogP contribution in [0.5, 0.6) is 0 Å². The SMILES string of the molecule is CC(C)CCc1cccc2c1CCNC2. The average molecular weight is 203 g/mol. The molecular weight excluding hydrogens is 182 g/mol. The molecule has 0 atom stereocenters. The van der Waals surface area contributed by atoms with Crippen LogP contribution in [-0.4, -0.2) is 6.54 Å². The molecular formula is C14H21N. The van der Waals surface area contributed by atoms with E-state index in [4.69, 9.17) is 0 Å². The quantitative estimate of drug-likeness (QED) is 0.796. The largest absolute Gasteiger partial charge is 0.312 e. The van der Waals surface area contributed by atoms with Crippen LogP contribution in [0.2, 0.25) is 0 Å². The van der Waals surface area contributed by atoms with Crippen LogP contribution >= 0.6 is 0 Å². The molecule has 1 aliphatic rings. The Morgan fingerprint density at radius 1 is 1.33 bits per heavy atom. The molecule has 2 rings (SSSR count). The normalized spacial score (nSPS) is 15.4. The highest BCUT2D eigenvalue weighted by atomic mass is 14.9. The first kappa shape index (κ1) is 10.7. The summed E-state index contributed by atoms with van der Waals surface area (Å²) in [6.45, 7) is 6.81. The standard InChI is InChI=1S/C14H21N/c1-11(2)6-7-12-4-3-5-13-10-15-9-8-14(12)13/h3-5,11,15H,6-10H2,1-2H3. The third kappa shape index (κ3) is 2.60. The molecule has 0 aromatic heterocycles. The zero-order chi connectivity index (χ0) is 10.7. The summed E-state index contributed by atoms with van der Waals surface area (Å²) in [5, 5.41) is 3.43. The van der Waals surface area contributed by atoms with Gasteiger partial charge in [0.05, 0.1) is 0 Å². The number of rotatable bonds is 3. The van der Waals surface area contributed by atoms with E-state index in [0.29, 0.717) is 0 Å². The van der Waals surface area contributed by atoms with Crippen LogP contribution in [0.1, 0.15) is 37.0 Å². The Hall–Kier alpha value is -0.820. The first-order chi connectivity index (χ1) is 7.27. The lowest BCUT2D eigenvalue weighted by molar-refractivity contribution is 0.578. The van der Waals surface area contributed by atoms with Gasteiger partial charge in [-0.3, -0.25) is 0 Å². The molecule has 1 nitrogen and oxygen atoms in total. The molecule has 0 unspecified atom stereocenters. The van der Waals surface area contributed by atoms with E-state index in [-0.39, 0.29) is 0 Å². The maximum atomic E-state index is 3.43. The molecule has 1 heteroatoms. The summed E-state index contributed by atoms with van der Waals surface area (Å²) in [5.41, 5.74) is 4.72. The van der Waals surface area contributed by atoms with Gasteiger partial charge in [0.2, 0.25) is 0 Å². The number of aryl methyl sites for hydroxylation is 1. The van der Waals surface area contributed by atoms with Crippen molar-refractivity contribution in [2.24, 2.45) is 5.92 Å². The first-order valence-corrected chi connectivity index (χ1v) is 6.07. The molecule has 0 aliphatic carbocycles. The van der Waals surface area contributed by atoms with Crippen molar-refractivity contribution in [3.63, 3.8) is 0 Å². The van der Waals surface area contributed by atoms with Gasteiger partial charge < -0.3 is 5.32 Å². The third-order valence-corrected chi connectivity index (χ3v) is 3.23. The van der Waals surface area contributed by atoms with Crippen LogP contribution in [0.25, 0.3) is 0 Å². The molecule has 1 N–H and O–H groups in total. The van der Waals surface area contributed by atoms with Gasteiger partial charge in [-0.15, -0.1) is 0 Å². The first-order valence-electron chi connectivity index (χ1n) is 6.07. The second-order valence-corrected chi connectivity index (χ2v) is 4.91. The van der Waals surface area contributed by atoms with Gasteiger partial charge in [-0.1, -0.05) is 32.0 Å². The molecule has 1 heterocycles. The maximum absolute atomic E-state index is 3.43. The summed E-state index contributed by atoms with van der Waals surface area (Å²) < 4.78 is 0. The van der Waals surface area contributed by atoms with Crippen molar-refractivity contribution in [3.8, 4) is 0 Å². The Morgan fingerprint density at radius 3 is 3.00 bits per heavy atom. The van der Waals surface area contributed by atoms with E-state index >= 15 is 0 Å². The van der Waals surface area contributed by atoms with Crippen LogP contribution in [0, 0.1) is 5.92 Å². The van der Waals surface area contributed by atoms with E-state index in [1.807, 2.05) is 0 Å². The van der Waals surface area contributed by atoms with E-state index in [9.17, 15) is 0 Å². The zero-order valence-electron chi connectivity index (χ0n) is 9.84. The molecule has 0 radical (unpaired) electrons. The molecule has 0 bridgehead atoms. The Kier molecular flexibility index (Phi) is 3.42. The van der Waals surface area contributed by atoms with E-state index in [0.717, 1.165) is 19.0 Å². The zero-order valence-corrected chi connectivity index (χ0v) is 9.84. The van der Waals surface area contributed by atoms with E-state index < -0.39 is 0 Å². The van der Waals surface area contributed by atoms with Crippen molar-refractivity contribution in [1.29, 1.82) is 0 Å². The summed E-state index contributed by atoms with van der Waals surface area (Å²) in [5.74, 6) is 0.808. The Bertz CT molecular complexity index is 328. The Morgan fingerprint density at radius 2 is 2.20 bits per heavy atom. The lowest BCUT2D eigenvalue weighted by atomic mass is 9.91. The molecule has 0 saturated heterocycles. The van der Waals surface area contributed by atoms with Crippen LogP contribution in [0.15, 0.2) is 18.2 Å². The second-order valence-electron chi connectivity index (χ2n) is 4.91. The number of fused-ring (bicyclic) bond motifs is 1. The van der Waals surface area contributed by atoms with Crippen LogP contribution in [0.4, 0.5) is 0 Å². The monoisotopic (exact) mass is 203 g/mol. The fourth-order valence-corrected chi connectivity index (χ4v) is 2.29. The average Bonchev–Trinajstić information content (AvgIpc) is 2.26. The third-order valence-electron chi connectivity index (χ3n) is 3.23. The molecule has 0 saturated carbocycles. The molecule has 0 spiro atoms. The Balaban J connectivity index is 2.16. The topological polar surface area (TPSA) is 12.0 Å². The van der Waals surface area contributed by atoms with Gasteiger partial charge in [0.1, 0.15) is 0 Å². The lowest BCUT2D eigenvalue weighted by Gasteiger charge is -2.20. The summed E-state index contributed by atoms with van der Waals surface area (Å²) in [6, 6.07) is 6.79. The number of hydrogen-bond acceptors (Lipinski definition) is 1. The number of nitrogens with one attached hydrogen (secondary N) is 1. The minimum Gasteiger partial charge on any atom is -0.312 e. The highest BCUT2D eigenvalue weighted by Crippen LogP contribution is 2.21. The maximum Gasteiger partial charge on any atom is 0.0208 e. The van der Waals surface area contributed by atoms with E-state index in [1.165, 1.54) is 24.8 Å². The fourth-order valence-electron chi connectivity index (χ4n) is 2.29. The van der Waals surface area contributed by atoms with Crippen molar-refractivity contribution in [2.45, 2.75) is 39.7 Å². The van der Waals surface area contributed by atoms with Crippen molar-refractivity contribution in [2.75, 3.05) is 6.54 Å². The molecule has 15 heavy (non-hydrogen) atoms. The highest BCUT2D eigenvalue weighted by Gasteiger charge is 2.11. The summed E-state index contributed by atoms with van der Waals surface area (Å²) in [4.78, 5) is 0. The molecule has 0 fully saturated rings. The van der Waals surface area contributed by atoms with Crippen LogP contribution < -0.4 is 5.32 Å². The lowest BCUT2D eigenvalue weighted by Crippen LogP contribution is -2.24. The summed E-state index contributed by atoms with van der Waals surface area (Å²) in [7, 11) is 0. The van der Waals surface area contributed by atoms with Gasteiger partial charge in [0.25, 0.3) is 0 Å². The van der Waals surface area contributed by atoms with Crippen molar-refractivity contribution in [3.05, 3.63) is 34.9 Å². The van der Waals surface area contributed by atoms with Gasteiger partial charge in [-0.2, -0.15) is 0 Å². The predicted octanol–water partition coefficient (Wildman–Crippen LogP) is 2.92. The van der Waals surface area contributed by atoms with Gasteiger partial charge >= 0.3 is 0 Å². The van der Waals surface area contributed by atoms with Gasteiger partial charge in [-0.05, 0) is 48.4 Å². The second kappa shape index (κ2) is 4.80. The van der Waals surface area contributed by atoms with Crippen molar-refractivity contribution >= 4 is 0 Å². The fraction of sp³-hybridized carbons (Fsp3) is 0.571. The minimum atomic E-state index is 0.808. The summed E-state index contributed by atoms with van der Waals surface area (Å²) in [6.07, 6.45) is 3.77. The molecule has 1 aromatic carbocycles. The molecule has 0 amide bonds. The Labute approximate surface area is 92.9 Å². The minimum absolute atomic E-state index is 0.808. The molecule has 82 valence electrons. The van der Waals surface area contributed by atoms with Crippen molar-refractivity contribution < 1.29 is 0 Å². The molecule has 1 aliphatic heterocycles. The molecule has 1 aromatic rings. The van der Waals surface area contributed by atoms with E-state index in [1.54, 1.807) is 11.1 Å². The highest BCUT2D eigenvalue weighted by molar-refractivity contribution is 5.37. The smallest absolute Gasteiger partial charge is 0.0208 e.